The zero-order chi connectivity index (χ0) is 14.5. The maximum Gasteiger partial charge on any atom is 0.0705 e. The number of rotatable bonds is 5. The monoisotopic (exact) mass is 283 g/mol. The van der Waals surface area contributed by atoms with Gasteiger partial charge in [-0.25, -0.2) is 0 Å². The van der Waals surface area contributed by atoms with E-state index < -0.39 is 0 Å². The predicted molar refractivity (Wildman–Crippen MR) is 88.3 cm³/mol. The van der Waals surface area contributed by atoms with Crippen molar-refractivity contribution in [1.82, 2.24) is 15.2 Å². The second-order valence-electron chi connectivity index (χ2n) is 6.07. The summed E-state index contributed by atoms with van der Waals surface area (Å²) in [6, 6.07) is 13.2. The highest BCUT2D eigenvalue weighted by atomic mass is 15.2. The van der Waals surface area contributed by atoms with Gasteiger partial charge in [-0.05, 0) is 45.0 Å². The minimum Gasteiger partial charge on any atom is -0.310 e. The van der Waals surface area contributed by atoms with Gasteiger partial charge in [0.05, 0.1) is 11.2 Å². The molecule has 3 nitrogen and oxygen atoms in total. The van der Waals surface area contributed by atoms with Gasteiger partial charge < -0.3 is 5.32 Å². The van der Waals surface area contributed by atoms with E-state index in [2.05, 4.69) is 47.5 Å². The second kappa shape index (κ2) is 7.01. The summed E-state index contributed by atoms with van der Waals surface area (Å²) in [6.45, 7) is 6.73. The van der Waals surface area contributed by atoms with E-state index in [4.69, 9.17) is 4.98 Å². The van der Waals surface area contributed by atoms with E-state index in [0.717, 1.165) is 24.3 Å². The molecule has 1 aromatic heterocycles. The Kier molecular flexibility index (Phi) is 4.84. The van der Waals surface area contributed by atoms with Crippen molar-refractivity contribution < 1.29 is 0 Å². The summed E-state index contributed by atoms with van der Waals surface area (Å²) in [5.41, 5.74) is 2.21. The molecule has 1 unspecified atom stereocenters. The summed E-state index contributed by atoms with van der Waals surface area (Å²) in [5, 5.41) is 4.77. The van der Waals surface area contributed by atoms with E-state index in [1.165, 1.54) is 37.7 Å². The number of likely N-dealkylation sites (tertiary alicyclic amines) is 1. The Balaban J connectivity index is 1.51. The Morgan fingerprint density at radius 3 is 2.76 bits per heavy atom. The predicted octanol–water partition coefficient (Wildman–Crippen LogP) is 3.20. The normalized spacial score (nSPS) is 18.0. The van der Waals surface area contributed by atoms with Crippen LogP contribution in [0.4, 0.5) is 0 Å². The molecule has 0 aliphatic carbocycles. The van der Waals surface area contributed by atoms with Crippen molar-refractivity contribution >= 4 is 10.9 Å². The third-order valence-corrected chi connectivity index (χ3v) is 4.42. The van der Waals surface area contributed by atoms with Crippen LogP contribution in [0.3, 0.4) is 0 Å². The first kappa shape index (κ1) is 14.5. The molecule has 2 aromatic rings. The molecule has 21 heavy (non-hydrogen) atoms. The summed E-state index contributed by atoms with van der Waals surface area (Å²) in [4.78, 5) is 7.31. The lowest BCUT2D eigenvalue weighted by Gasteiger charge is -2.32. The molecule has 1 aliphatic heterocycles. The van der Waals surface area contributed by atoms with E-state index in [9.17, 15) is 0 Å². The molecule has 1 N–H and O–H groups in total. The Morgan fingerprint density at radius 2 is 1.90 bits per heavy atom. The van der Waals surface area contributed by atoms with Crippen LogP contribution < -0.4 is 5.32 Å². The number of para-hydroxylation sites is 1. The molecule has 0 radical (unpaired) electrons. The fourth-order valence-electron chi connectivity index (χ4n) is 3.10. The van der Waals surface area contributed by atoms with Crippen molar-refractivity contribution in [3.63, 3.8) is 0 Å². The zero-order valence-electron chi connectivity index (χ0n) is 12.9. The topological polar surface area (TPSA) is 28.2 Å². The van der Waals surface area contributed by atoms with E-state index in [1.807, 2.05) is 6.07 Å². The van der Waals surface area contributed by atoms with Crippen molar-refractivity contribution in [1.29, 1.82) is 0 Å². The van der Waals surface area contributed by atoms with E-state index >= 15 is 0 Å². The number of hydrogen-bond acceptors (Lipinski definition) is 3. The highest BCUT2D eigenvalue weighted by Gasteiger charge is 2.15. The fourth-order valence-corrected chi connectivity index (χ4v) is 3.10. The lowest BCUT2D eigenvalue weighted by atomic mass is 10.1. The van der Waals surface area contributed by atoms with Crippen LogP contribution in [0.25, 0.3) is 10.9 Å². The number of hydrogen-bond donors (Lipinski definition) is 1. The molecular formula is C18H25N3. The van der Waals surface area contributed by atoms with Crippen LogP contribution >= 0.6 is 0 Å². The maximum atomic E-state index is 4.71. The van der Waals surface area contributed by atoms with Gasteiger partial charge in [0.1, 0.15) is 0 Å². The molecule has 1 aromatic carbocycles. The molecule has 1 aliphatic rings. The number of fused-ring (bicyclic) bond motifs is 1. The Labute approximate surface area is 127 Å². The summed E-state index contributed by atoms with van der Waals surface area (Å²) in [5.74, 6) is 0. The number of nitrogens with one attached hydrogen (secondary N) is 1. The molecule has 1 atom stereocenters. The largest absolute Gasteiger partial charge is 0.310 e. The Hall–Kier alpha value is -1.45. The molecule has 1 fully saturated rings. The summed E-state index contributed by atoms with van der Waals surface area (Å²) in [6.07, 6.45) is 4.12. The first-order valence-corrected chi connectivity index (χ1v) is 8.12. The van der Waals surface area contributed by atoms with Crippen molar-refractivity contribution in [2.24, 2.45) is 0 Å². The molecule has 0 spiro atoms. The molecule has 1 saturated heterocycles. The standard InChI is InChI=1S/C18H25N3/c1-15(21-11-5-2-6-12-21)13-19-14-17-10-9-16-7-3-4-8-18(16)20-17/h3-4,7-10,15,19H,2,5-6,11-14H2,1H3. The lowest BCUT2D eigenvalue weighted by molar-refractivity contribution is 0.170. The minimum atomic E-state index is 0.616. The molecular weight excluding hydrogens is 258 g/mol. The molecule has 0 amide bonds. The van der Waals surface area contributed by atoms with Gasteiger partial charge in [0.2, 0.25) is 0 Å². The third kappa shape index (κ3) is 3.80. The molecule has 2 heterocycles. The number of pyridine rings is 1. The lowest BCUT2D eigenvalue weighted by Crippen LogP contribution is -2.43. The maximum absolute atomic E-state index is 4.71. The van der Waals surface area contributed by atoms with Gasteiger partial charge in [-0.3, -0.25) is 9.88 Å². The first-order valence-electron chi connectivity index (χ1n) is 8.12. The molecule has 0 bridgehead atoms. The van der Waals surface area contributed by atoms with Crippen LogP contribution in [-0.2, 0) is 6.54 Å². The number of nitrogens with zero attached hydrogens (tertiary/aromatic N) is 2. The van der Waals surface area contributed by atoms with Crippen LogP contribution in [0.2, 0.25) is 0 Å². The SMILES string of the molecule is CC(CNCc1ccc2ccccc2n1)N1CCCCC1. The number of benzene rings is 1. The van der Waals surface area contributed by atoms with Crippen LogP contribution in [0.5, 0.6) is 0 Å². The minimum absolute atomic E-state index is 0.616. The molecule has 3 rings (SSSR count). The van der Waals surface area contributed by atoms with E-state index in [0.29, 0.717) is 6.04 Å². The Bertz CT molecular complexity index is 575. The van der Waals surface area contributed by atoms with Crippen LogP contribution in [0.1, 0.15) is 31.9 Å². The zero-order valence-corrected chi connectivity index (χ0v) is 12.9. The van der Waals surface area contributed by atoms with Gasteiger partial charge >= 0.3 is 0 Å². The quantitative estimate of drug-likeness (QED) is 0.913. The summed E-state index contributed by atoms with van der Waals surface area (Å²) in [7, 11) is 0. The van der Waals surface area contributed by atoms with Gasteiger partial charge in [-0.2, -0.15) is 0 Å². The van der Waals surface area contributed by atoms with E-state index in [1.54, 1.807) is 0 Å². The van der Waals surface area contributed by atoms with Crippen molar-refractivity contribution in [3.8, 4) is 0 Å². The third-order valence-electron chi connectivity index (χ3n) is 4.42. The van der Waals surface area contributed by atoms with Crippen LogP contribution in [0.15, 0.2) is 36.4 Å². The van der Waals surface area contributed by atoms with Crippen LogP contribution in [-0.4, -0.2) is 35.6 Å². The van der Waals surface area contributed by atoms with Gasteiger partial charge in [-0.1, -0.05) is 30.7 Å². The number of aromatic nitrogens is 1. The Morgan fingerprint density at radius 1 is 1.10 bits per heavy atom. The first-order chi connectivity index (χ1) is 10.3. The van der Waals surface area contributed by atoms with E-state index in [-0.39, 0.29) is 0 Å². The second-order valence-corrected chi connectivity index (χ2v) is 6.07. The van der Waals surface area contributed by atoms with Crippen LogP contribution in [0, 0.1) is 0 Å². The van der Waals surface area contributed by atoms with Gasteiger partial charge in [0, 0.05) is 24.5 Å². The van der Waals surface area contributed by atoms with Gasteiger partial charge in [0.25, 0.3) is 0 Å². The average Bonchev–Trinajstić information content (AvgIpc) is 2.55. The fraction of sp³-hybridized carbons (Fsp3) is 0.500. The smallest absolute Gasteiger partial charge is 0.0705 e. The summed E-state index contributed by atoms with van der Waals surface area (Å²) < 4.78 is 0. The summed E-state index contributed by atoms with van der Waals surface area (Å²) >= 11 is 0. The molecule has 0 saturated carbocycles. The number of piperidine rings is 1. The molecule has 112 valence electrons. The highest BCUT2D eigenvalue weighted by Crippen LogP contribution is 2.13. The molecule has 3 heteroatoms. The van der Waals surface area contributed by atoms with Crippen molar-refractivity contribution in [2.75, 3.05) is 19.6 Å². The average molecular weight is 283 g/mol. The van der Waals surface area contributed by atoms with Crippen molar-refractivity contribution in [2.45, 2.75) is 38.8 Å². The van der Waals surface area contributed by atoms with Crippen molar-refractivity contribution in [3.05, 3.63) is 42.1 Å². The van der Waals surface area contributed by atoms with Gasteiger partial charge in [0.15, 0.2) is 0 Å². The van der Waals surface area contributed by atoms with Gasteiger partial charge in [-0.15, -0.1) is 0 Å². The highest BCUT2D eigenvalue weighted by molar-refractivity contribution is 5.78.